The topological polar surface area (TPSA) is 494 Å². The van der Waals surface area contributed by atoms with Crippen molar-refractivity contribution in [3.63, 3.8) is 0 Å². The Balaban J connectivity index is 2.19. The van der Waals surface area contributed by atoms with Crippen LogP contribution in [0, 0.1) is 5.41 Å². The van der Waals surface area contributed by atoms with Gasteiger partial charge in [-0.3, -0.25) is 48.6 Å². The molecule has 0 saturated carbocycles. The maximum Gasteiger partial charge on any atom is 0.245 e. The number of likely N-dealkylation sites (tertiary alicyclic amines) is 1. The van der Waals surface area contributed by atoms with Crippen molar-refractivity contribution >= 4 is 59.1 Å². The molecule has 9 amide bonds. The van der Waals surface area contributed by atoms with E-state index in [0.717, 1.165) is 0 Å². The highest BCUT2D eigenvalue weighted by molar-refractivity contribution is 5.98. The molecule has 2 rings (SSSR count). The fraction of sp³-hybridized carbons (Fsp3) is 0.705. The molecule has 0 radical (unpaired) electrons. The molecule has 1 fully saturated rings. The van der Waals surface area contributed by atoms with E-state index in [-0.39, 0.29) is 70.5 Å². The first-order valence-electron chi connectivity index (χ1n) is 24.7. The normalized spacial score (nSPS) is 16.5. The van der Waals surface area contributed by atoms with Gasteiger partial charge in [-0.25, -0.2) is 4.98 Å². The zero-order valence-electron chi connectivity index (χ0n) is 42.0. The first-order valence-corrected chi connectivity index (χ1v) is 24.7. The Kier molecular flexibility index (Phi) is 29.1. The van der Waals surface area contributed by atoms with Crippen molar-refractivity contribution in [2.24, 2.45) is 34.4 Å². The van der Waals surface area contributed by atoms with Gasteiger partial charge in [-0.05, 0) is 104 Å². The monoisotopic (exact) mass is 1040 g/mol. The number of aromatic nitrogens is 2. The van der Waals surface area contributed by atoms with E-state index in [1.54, 1.807) is 7.05 Å². The Hall–Kier alpha value is -6.53. The van der Waals surface area contributed by atoms with Crippen LogP contribution in [0.1, 0.15) is 89.7 Å². The number of aliphatic hydroxyl groups excluding tert-OH is 1. The summed E-state index contributed by atoms with van der Waals surface area (Å²) >= 11 is 0. The summed E-state index contributed by atoms with van der Waals surface area (Å²) in [7, 11) is 1.77. The second-order valence-electron chi connectivity index (χ2n) is 17.8. The maximum absolute atomic E-state index is 14.2. The predicted octanol–water partition coefficient (Wildman–Crippen LogP) is -7.36. The highest BCUT2D eigenvalue weighted by Crippen LogP contribution is 2.20. The zero-order valence-corrected chi connectivity index (χ0v) is 42.0. The van der Waals surface area contributed by atoms with Crippen LogP contribution in [0.3, 0.4) is 0 Å². The van der Waals surface area contributed by atoms with Gasteiger partial charge in [0.1, 0.15) is 42.3 Å². The summed E-state index contributed by atoms with van der Waals surface area (Å²) in [5.41, 5.74) is 34.2. The third-order valence-electron chi connectivity index (χ3n) is 11.9. The van der Waals surface area contributed by atoms with E-state index in [4.69, 9.17) is 39.8 Å². The number of primary amides is 1. The molecule has 1 aromatic rings. The number of hydrogen-bond acceptors (Lipinski definition) is 17. The van der Waals surface area contributed by atoms with Crippen LogP contribution in [0.15, 0.2) is 12.5 Å². The van der Waals surface area contributed by atoms with Crippen LogP contribution in [-0.4, -0.2) is 186 Å². The van der Waals surface area contributed by atoms with E-state index in [9.17, 15) is 48.3 Å². The fourth-order valence-corrected chi connectivity index (χ4v) is 7.76. The summed E-state index contributed by atoms with van der Waals surface area (Å²) in [6, 6.07) is -9.67. The highest BCUT2D eigenvalue weighted by atomic mass is 16.3. The summed E-state index contributed by atoms with van der Waals surface area (Å²) in [5, 5.41) is 41.2. The Morgan fingerprint density at radius 3 is 2.04 bits per heavy atom. The Morgan fingerprint density at radius 1 is 0.753 bits per heavy atom. The van der Waals surface area contributed by atoms with Gasteiger partial charge in [0.15, 0.2) is 5.96 Å². The number of nitrogens with zero attached hydrogens (tertiary/aromatic N) is 2. The largest absolute Gasteiger partial charge is 0.389 e. The SMILES string of the molecule is CNCCCC[C@H](NC(=O)[C@H](Cc1cnc[nH]1)NC(=O)[C@@H]1CCCN1C(=O)[C@@H](CCCN)NC(=O)CNC(=O)[C@H](C)NC(=O)[C@@H](NC(=O)[C@@H](N)CCCCN)[C@@H](O)CN)C(=O)N[C@H](CCCNC(=N)N)C(N)=O. The smallest absolute Gasteiger partial charge is 0.245 e. The Labute approximate surface area is 424 Å². The van der Waals surface area contributed by atoms with Crippen LogP contribution >= 0.6 is 0 Å². The summed E-state index contributed by atoms with van der Waals surface area (Å²) in [6.07, 6.45) is 5.36. The lowest BCUT2D eigenvalue weighted by Crippen LogP contribution is -2.60. The minimum absolute atomic E-state index is 0.0636. The van der Waals surface area contributed by atoms with Crippen LogP contribution < -0.4 is 82.3 Å². The number of imidazole rings is 1. The summed E-state index contributed by atoms with van der Waals surface area (Å²) < 4.78 is 0. The maximum atomic E-state index is 14.2. The molecule has 1 aliphatic rings. The number of unbranched alkanes of at least 4 members (excludes halogenated alkanes) is 2. The molecule has 2 heterocycles. The lowest BCUT2D eigenvalue weighted by atomic mass is 10.0. The molecule has 0 aromatic carbocycles. The molecule has 73 heavy (non-hydrogen) atoms. The predicted molar refractivity (Wildman–Crippen MR) is 268 cm³/mol. The third kappa shape index (κ3) is 22.8. The first-order chi connectivity index (χ1) is 34.8. The van der Waals surface area contributed by atoms with Crippen LogP contribution in [0.5, 0.6) is 0 Å². The number of H-pyrrole nitrogens is 1. The van der Waals surface area contributed by atoms with Crippen LogP contribution in [-0.2, 0) is 49.6 Å². The molecule has 29 heteroatoms. The summed E-state index contributed by atoms with van der Waals surface area (Å²) in [6.45, 7) is 1.80. The van der Waals surface area contributed by atoms with Gasteiger partial charge in [0.05, 0.1) is 25.0 Å². The molecule has 0 bridgehead atoms. The second-order valence-corrected chi connectivity index (χ2v) is 17.8. The van der Waals surface area contributed by atoms with Crippen molar-refractivity contribution in [1.29, 1.82) is 5.41 Å². The molecular weight excluding hydrogens is 955 g/mol. The zero-order chi connectivity index (χ0) is 54.5. The van der Waals surface area contributed by atoms with Gasteiger partial charge in [-0.1, -0.05) is 6.42 Å². The molecular formula is C44H81N19O10. The number of carbonyl (C=O) groups excluding carboxylic acids is 9. The molecule has 412 valence electrons. The molecule has 1 aromatic heterocycles. The van der Waals surface area contributed by atoms with Crippen molar-refractivity contribution in [2.75, 3.05) is 52.9 Å². The highest BCUT2D eigenvalue weighted by Gasteiger charge is 2.40. The van der Waals surface area contributed by atoms with Crippen LogP contribution in [0.25, 0.3) is 0 Å². The average molecular weight is 1040 g/mol. The third-order valence-corrected chi connectivity index (χ3v) is 11.9. The molecule has 24 N–H and O–H groups in total. The van der Waals surface area contributed by atoms with Gasteiger partial charge in [-0.15, -0.1) is 0 Å². The van der Waals surface area contributed by atoms with Gasteiger partial charge < -0.3 is 97.2 Å². The van der Waals surface area contributed by atoms with E-state index in [2.05, 4.69) is 57.8 Å². The second kappa shape index (κ2) is 34.0. The first kappa shape index (κ1) is 62.6. The molecule has 29 nitrogen and oxygen atoms in total. The lowest BCUT2D eigenvalue weighted by molar-refractivity contribution is -0.142. The van der Waals surface area contributed by atoms with Gasteiger partial charge in [0, 0.05) is 37.9 Å². The van der Waals surface area contributed by atoms with E-state index in [0.29, 0.717) is 57.3 Å². The van der Waals surface area contributed by atoms with E-state index < -0.39 is 121 Å². The van der Waals surface area contributed by atoms with Gasteiger partial charge in [0.25, 0.3) is 0 Å². The number of nitrogens with two attached hydrogens (primary N) is 6. The average Bonchev–Trinajstić information content (AvgIpc) is 4.08. The Bertz CT molecular complexity index is 1940. The molecule has 0 spiro atoms. The number of nitrogens with one attached hydrogen (secondary N) is 11. The summed E-state index contributed by atoms with van der Waals surface area (Å²) in [4.78, 5) is 129. The van der Waals surface area contributed by atoms with Crippen molar-refractivity contribution in [3.8, 4) is 0 Å². The van der Waals surface area contributed by atoms with Crippen LogP contribution in [0.2, 0.25) is 0 Å². The number of guanidine groups is 1. The lowest BCUT2D eigenvalue weighted by Gasteiger charge is -2.30. The van der Waals surface area contributed by atoms with Crippen molar-refractivity contribution < 1.29 is 48.3 Å². The number of rotatable bonds is 36. The van der Waals surface area contributed by atoms with E-state index in [1.165, 1.54) is 24.3 Å². The minimum atomic E-state index is -1.56. The molecule has 1 saturated heterocycles. The Morgan fingerprint density at radius 2 is 1.41 bits per heavy atom. The van der Waals surface area contributed by atoms with Gasteiger partial charge >= 0.3 is 0 Å². The number of hydrogen-bond donors (Lipinski definition) is 18. The van der Waals surface area contributed by atoms with E-state index >= 15 is 0 Å². The van der Waals surface area contributed by atoms with Gasteiger partial charge in [-0.2, -0.15) is 0 Å². The molecule has 0 unspecified atom stereocenters. The minimum Gasteiger partial charge on any atom is -0.389 e. The molecule has 9 atom stereocenters. The quantitative estimate of drug-likeness (QED) is 0.0169. The van der Waals surface area contributed by atoms with E-state index in [1.807, 2.05) is 0 Å². The number of aliphatic hydroxyl groups is 1. The molecule has 0 aliphatic carbocycles. The molecule has 1 aliphatic heterocycles. The van der Waals surface area contributed by atoms with Crippen molar-refractivity contribution in [3.05, 3.63) is 18.2 Å². The van der Waals surface area contributed by atoms with Crippen LogP contribution in [0.4, 0.5) is 0 Å². The number of aromatic amines is 1. The number of carbonyl (C=O) groups is 9. The van der Waals surface area contributed by atoms with Crippen molar-refractivity contribution in [1.82, 2.24) is 62.7 Å². The van der Waals surface area contributed by atoms with Crippen molar-refractivity contribution in [2.45, 2.75) is 145 Å². The standard InChI is InChI=1S/C44H81N19O10/c1-25(57-42(72)35(33(64)21-47)62-38(68)27(48)10-3-5-15-45)37(67)55-23-34(65)58-30(12-7-16-46)43(73)63-19-9-14-32(63)41(71)61-31(20-26-22-53-24-56-26)40(70)60-29(11-4-6-17-52-2)39(69)59-28(36(49)66)13-8-18-54-44(50)51/h22,24-25,27-33,35,52,64H,3-21,23,45-48H2,1-2H3,(H2,49,66)(H,53,56)(H,55,67)(H,57,72)(H,58,65)(H,59,69)(H,60,70)(H,61,71)(H,62,68)(H4,50,51,54)/t25-,27-,28+,29-,30+,31-,32-,33-,35-/m0/s1. The number of amides is 9. The summed E-state index contributed by atoms with van der Waals surface area (Å²) in [5.74, 6) is -7.08. The fourth-order valence-electron chi connectivity index (χ4n) is 7.76. The van der Waals surface area contributed by atoms with Gasteiger partial charge in [0.2, 0.25) is 53.2 Å².